The van der Waals surface area contributed by atoms with Crippen LogP contribution in [0.15, 0.2) is 82.6 Å². The highest BCUT2D eigenvalue weighted by Gasteiger charge is 2.15. The van der Waals surface area contributed by atoms with Crippen LogP contribution in [-0.2, 0) is 30.5 Å². The molecular formula is C28H24N2O4S2. The largest absolute Gasteiger partial charge is 0.290 e. The first kappa shape index (κ1) is 24.4. The van der Waals surface area contributed by atoms with Gasteiger partial charge in [-0.1, -0.05) is 36.4 Å². The Bertz CT molecular complexity index is 1530. The van der Waals surface area contributed by atoms with Crippen LogP contribution in [0.2, 0.25) is 0 Å². The molecule has 5 aromatic rings. The van der Waals surface area contributed by atoms with Gasteiger partial charge in [0.15, 0.2) is 22.2 Å². The van der Waals surface area contributed by atoms with Crippen LogP contribution < -0.4 is 0 Å². The predicted molar refractivity (Wildman–Crippen MR) is 144 cm³/mol. The Kier molecular flexibility index (Phi) is 6.77. The molecule has 2 atom stereocenters. The molecule has 0 aliphatic heterocycles. The fourth-order valence-corrected chi connectivity index (χ4v) is 5.49. The van der Waals surface area contributed by atoms with Gasteiger partial charge in [-0.05, 0) is 72.5 Å². The summed E-state index contributed by atoms with van der Waals surface area (Å²) in [7, 11) is 2.85. The van der Waals surface area contributed by atoms with Gasteiger partial charge < -0.3 is 0 Å². The molecule has 182 valence electrons. The highest BCUT2D eigenvalue weighted by molar-refractivity contribution is 7.80. The van der Waals surface area contributed by atoms with Crippen LogP contribution in [0.4, 0.5) is 0 Å². The van der Waals surface area contributed by atoms with Crippen molar-refractivity contribution in [2.24, 2.45) is 0 Å². The number of rotatable bonds is 6. The van der Waals surface area contributed by atoms with Gasteiger partial charge in [-0.15, -0.1) is 0 Å². The van der Waals surface area contributed by atoms with Crippen LogP contribution >= 0.6 is 0 Å². The van der Waals surface area contributed by atoms with E-state index >= 15 is 0 Å². The number of aryl methyl sites for hydroxylation is 2. The van der Waals surface area contributed by atoms with Crippen LogP contribution in [0, 0.1) is 13.8 Å². The van der Waals surface area contributed by atoms with Crippen molar-refractivity contribution < 1.29 is 16.8 Å². The minimum atomic E-state index is -1.48. The number of fused-ring (bicyclic) bond motifs is 3. The van der Waals surface area contributed by atoms with Crippen molar-refractivity contribution in [2.45, 2.75) is 23.6 Å². The number of pyridine rings is 2. The van der Waals surface area contributed by atoms with Crippen LogP contribution in [-0.4, -0.2) is 32.6 Å². The Hall–Kier alpha value is -3.30. The first-order chi connectivity index (χ1) is 17.4. The summed E-state index contributed by atoms with van der Waals surface area (Å²) in [6.07, 6.45) is 0. The molecule has 0 saturated carbocycles. The Balaban J connectivity index is 1.70. The lowest BCUT2D eigenvalue weighted by Crippen LogP contribution is -1.96. The maximum Gasteiger partial charge on any atom is 0.188 e. The predicted octanol–water partition coefficient (Wildman–Crippen LogP) is 6.07. The quantitative estimate of drug-likeness (QED) is 0.255. The van der Waals surface area contributed by atoms with Crippen LogP contribution in [0.3, 0.4) is 0 Å². The third-order valence-corrected chi connectivity index (χ3v) is 7.95. The summed E-state index contributed by atoms with van der Waals surface area (Å²) in [5, 5.41) is 1.98. The average Bonchev–Trinajstić information content (AvgIpc) is 2.91. The maximum atomic E-state index is 12.0. The van der Waals surface area contributed by atoms with E-state index in [0.717, 1.165) is 55.4 Å². The molecule has 3 aromatic carbocycles. The van der Waals surface area contributed by atoms with Crippen molar-refractivity contribution in [1.29, 1.82) is 0 Å². The summed E-state index contributed by atoms with van der Waals surface area (Å²) in [5.74, 6) is 0. The topological polar surface area (TPSA) is 78.4 Å². The molecule has 0 bridgehead atoms. The Morgan fingerprint density at radius 2 is 0.944 bits per heavy atom. The van der Waals surface area contributed by atoms with Crippen molar-refractivity contribution in [1.82, 2.24) is 9.97 Å². The molecule has 0 aliphatic carbocycles. The fourth-order valence-electron chi connectivity index (χ4n) is 4.39. The molecule has 2 heterocycles. The highest BCUT2D eigenvalue weighted by atomic mass is 32.2. The standard InChI is InChI=1S/C28H24N2O4S2/c1-17-15-25(19-5-9-21(10-6-19)35(31)33-3)23-13-14-24-26(16-18(2)30-28(24)27(23)29-17)20-7-11-22(12-8-20)36(32)34-4/h5-16H,1-4H3. The second-order valence-corrected chi connectivity index (χ2v) is 10.9. The summed E-state index contributed by atoms with van der Waals surface area (Å²) in [6, 6.07) is 23.3. The van der Waals surface area contributed by atoms with Crippen LogP contribution in [0.25, 0.3) is 44.1 Å². The molecule has 0 radical (unpaired) electrons. The van der Waals surface area contributed by atoms with E-state index in [1.165, 1.54) is 14.2 Å². The summed E-state index contributed by atoms with van der Waals surface area (Å²) in [4.78, 5) is 11.0. The molecular weight excluding hydrogens is 492 g/mol. The van der Waals surface area contributed by atoms with E-state index in [-0.39, 0.29) is 0 Å². The Morgan fingerprint density at radius 1 is 0.583 bits per heavy atom. The molecule has 0 fully saturated rings. The second-order valence-electron chi connectivity index (χ2n) is 8.33. The zero-order valence-corrected chi connectivity index (χ0v) is 21.9. The Labute approximate surface area is 214 Å². The number of hydrogen-bond acceptors (Lipinski definition) is 6. The third kappa shape index (κ3) is 4.49. The third-order valence-electron chi connectivity index (χ3n) is 6.03. The molecule has 36 heavy (non-hydrogen) atoms. The van der Waals surface area contributed by atoms with Crippen LogP contribution in [0.5, 0.6) is 0 Å². The number of benzene rings is 3. The van der Waals surface area contributed by atoms with E-state index in [9.17, 15) is 8.42 Å². The molecule has 2 aromatic heterocycles. The molecule has 0 aliphatic rings. The van der Waals surface area contributed by atoms with Crippen molar-refractivity contribution in [3.05, 3.63) is 84.2 Å². The molecule has 8 heteroatoms. The molecule has 0 saturated heterocycles. The maximum absolute atomic E-state index is 12.0. The number of hydrogen-bond donors (Lipinski definition) is 0. The highest BCUT2D eigenvalue weighted by Crippen LogP contribution is 2.36. The fraction of sp³-hybridized carbons (Fsp3) is 0.143. The van der Waals surface area contributed by atoms with E-state index in [4.69, 9.17) is 18.3 Å². The Morgan fingerprint density at radius 3 is 1.28 bits per heavy atom. The van der Waals surface area contributed by atoms with Gasteiger partial charge in [0, 0.05) is 22.2 Å². The monoisotopic (exact) mass is 516 g/mol. The van der Waals surface area contributed by atoms with Crippen molar-refractivity contribution >= 4 is 44.0 Å². The molecule has 0 spiro atoms. The number of nitrogens with zero attached hydrogens (tertiary/aromatic N) is 2. The van der Waals surface area contributed by atoms with E-state index < -0.39 is 22.2 Å². The molecule has 6 nitrogen and oxygen atoms in total. The first-order valence-corrected chi connectivity index (χ1v) is 13.4. The van der Waals surface area contributed by atoms with E-state index in [2.05, 4.69) is 24.3 Å². The van der Waals surface area contributed by atoms with E-state index in [1.54, 1.807) is 0 Å². The number of aromatic nitrogens is 2. The van der Waals surface area contributed by atoms with Gasteiger partial charge >= 0.3 is 0 Å². The van der Waals surface area contributed by atoms with Gasteiger partial charge in [-0.25, -0.2) is 8.42 Å². The van der Waals surface area contributed by atoms with Crippen LogP contribution in [0.1, 0.15) is 11.4 Å². The second kappa shape index (κ2) is 9.99. The van der Waals surface area contributed by atoms with Gasteiger partial charge in [0.25, 0.3) is 0 Å². The van der Waals surface area contributed by atoms with E-state index in [1.807, 2.05) is 62.4 Å². The summed E-state index contributed by atoms with van der Waals surface area (Å²) in [6.45, 7) is 3.95. The molecule has 0 amide bonds. The minimum Gasteiger partial charge on any atom is -0.290 e. The minimum absolute atomic E-state index is 0.615. The molecule has 0 N–H and O–H groups in total. The normalized spacial score (nSPS) is 13.2. The van der Waals surface area contributed by atoms with Gasteiger partial charge in [0.05, 0.1) is 35.0 Å². The van der Waals surface area contributed by atoms with Gasteiger partial charge in [-0.3, -0.25) is 18.3 Å². The summed E-state index contributed by atoms with van der Waals surface area (Å²) < 4.78 is 33.8. The van der Waals surface area contributed by atoms with Gasteiger partial charge in [0.2, 0.25) is 0 Å². The van der Waals surface area contributed by atoms with Crippen molar-refractivity contribution in [3.63, 3.8) is 0 Å². The smallest absolute Gasteiger partial charge is 0.188 e. The van der Waals surface area contributed by atoms with Gasteiger partial charge in [-0.2, -0.15) is 0 Å². The lowest BCUT2D eigenvalue weighted by atomic mass is 9.95. The zero-order chi connectivity index (χ0) is 25.4. The summed E-state index contributed by atoms with van der Waals surface area (Å²) in [5.41, 5.74) is 7.48. The lowest BCUT2D eigenvalue weighted by Gasteiger charge is -2.14. The first-order valence-electron chi connectivity index (χ1n) is 11.2. The van der Waals surface area contributed by atoms with E-state index in [0.29, 0.717) is 9.79 Å². The summed E-state index contributed by atoms with van der Waals surface area (Å²) >= 11 is -2.96. The molecule has 5 rings (SSSR count). The average molecular weight is 517 g/mol. The van der Waals surface area contributed by atoms with Crippen molar-refractivity contribution in [2.75, 3.05) is 14.2 Å². The van der Waals surface area contributed by atoms with Crippen molar-refractivity contribution in [3.8, 4) is 22.3 Å². The SMILES string of the molecule is COS(=O)c1ccc(-c2cc(C)nc3c2ccc2c(-c4ccc(S(=O)OC)cc4)cc(C)nc23)cc1. The zero-order valence-electron chi connectivity index (χ0n) is 20.3. The van der Waals surface area contributed by atoms with Gasteiger partial charge in [0.1, 0.15) is 0 Å². The lowest BCUT2D eigenvalue weighted by molar-refractivity contribution is 0.445. The molecule has 2 unspecified atom stereocenters.